The van der Waals surface area contributed by atoms with Crippen LogP contribution in [0.15, 0.2) is 0 Å². The first kappa shape index (κ1) is 8.35. The van der Waals surface area contributed by atoms with E-state index in [1.807, 2.05) is 0 Å². The average molecular weight is 251 g/mol. The summed E-state index contributed by atoms with van der Waals surface area (Å²) in [5.74, 6) is 3.94. The molecule has 0 unspecified atom stereocenters. The Hall–Kier alpha value is 0.250. The molecule has 58 valence electrons. The minimum atomic E-state index is 0.178. The zero-order chi connectivity index (χ0) is 7.23. The van der Waals surface area contributed by atoms with Gasteiger partial charge in [-0.05, 0) is 0 Å². The predicted molar refractivity (Wildman–Crippen MR) is 37.2 cm³/mol. The quantitative estimate of drug-likeness (QED) is 0.277. The van der Waals surface area contributed by atoms with Gasteiger partial charge in [0, 0.05) is 0 Å². The van der Waals surface area contributed by atoms with Crippen molar-refractivity contribution < 1.29 is 25.9 Å². The molecule has 0 aliphatic carbocycles. The zero-order valence-corrected chi connectivity index (χ0v) is 8.35. The summed E-state index contributed by atoms with van der Waals surface area (Å²) < 4.78 is 8.44. The second-order valence-electron chi connectivity index (χ2n) is 2.31. The molecule has 0 spiro atoms. The van der Waals surface area contributed by atoms with Gasteiger partial charge in [-0.1, -0.05) is 0 Å². The van der Waals surface area contributed by atoms with Gasteiger partial charge in [0.1, 0.15) is 0 Å². The van der Waals surface area contributed by atoms with Crippen molar-refractivity contribution in [2.24, 2.45) is 5.92 Å². The Morgan fingerprint density at radius 2 is 2.10 bits per heavy atom. The fourth-order valence-corrected chi connectivity index (χ4v) is 1.73. The van der Waals surface area contributed by atoms with Crippen LogP contribution in [0.5, 0.6) is 0 Å². The van der Waals surface area contributed by atoms with Crippen LogP contribution in [0.3, 0.4) is 0 Å². The van der Waals surface area contributed by atoms with Crippen molar-refractivity contribution in [1.29, 1.82) is 0 Å². The third kappa shape index (κ3) is 2.89. The van der Waals surface area contributed by atoms with E-state index < -0.39 is 0 Å². The van der Waals surface area contributed by atoms with E-state index in [2.05, 4.69) is 14.8 Å². The normalized spacial score (nSPS) is 20.1. The first-order valence-electron chi connectivity index (χ1n) is 3.50. The SMILES string of the molecule is C[I-]C#CC1CCOCC1. The summed E-state index contributed by atoms with van der Waals surface area (Å²) in [6, 6.07) is 0. The summed E-state index contributed by atoms with van der Waals surface area (Å²) in [6.45, 7) is 1.84. The summed E-state index contributed by atoms with van der Waals surface area (Å²) in [4.78, 5) is 2.20. The van der Waals surface area contributed by atoms with Crippen LogP contribution in [-0.4, -0.2) is 18.1 Å². The Balaban J connectivity index is 2.25. The number of hydrogen-bond acceptors (Lipinski definition) is 1. The molecule has 0 radical (unpaired) electrons. The first-order chi connectivity index (χ1) is 4.93. The van der Waals surface area contributed by atoms with E-state index in [0.717, 1.165) is 26.1 Å². The van der Waals surface area contributed by atoms with Gasteiger partial charge in [0.25, 0.3) is 0 Å². The van der Waals surface area contributed by atoms with Crippen LogP contribution in [-0.2, 0) is 4.74 Å². The van der Waals surface area contributed by atoms with Crippen molar-refractivity contribution in [3.63, 3.8) is 0 Å². The third-order valence-corrected chi connectivity index (χ3v) is 2.43. The van der Waals surface area contributed by atoms with Crippen LogP contribution in [0, 0.1) is 15.8 Å². The Labute approximate surface area is 72.8 Å². The first-order valence-corrected chi connectivity index (χ1v) is 6.74. The molecular formula is C8H12IO-. The van der Waals surface area contributed by atoms with Crippen LogP contribution in [0.4, 0.5) is 0 Å². The van der Waals surface area contributed by atoms with Crippen molar-refractivity contribution >= 4 is 0 Å². The topological polar surface area (TPSA) is 9.23 Å². The van der Waals surface area contributed by atoms with E-state index in [9.17, 15) is 0 Å². The number of hydrogen-bond donors (Lipinski definition) is 0. The van der Waals surface area contributed by atoms with Gasteiger partial charge >= 0.3 is 72.7 Å². The number of alkyl halides is 1. The van der Waals surface area contributed by atoms with Crippen molar-refractivity contribution in [3.8, 4) is 9.85 Å². The van der Waals surface area contributed by atoms with E-state index in [1.165, 1.54) is 0 Å². The second kappa shape index (κ2) is 4.97. The van der Waals surface area contributed by atoms with Crippen LogP contribution in [0.25, 0.3) is 0 Å². The van der Waals surface area contributed by atoms with E-state index in [0.29, 0.717) is 5.92 Å². The van der Waals surface area contributed by atoms with Gasteiger partial charge in [-0.2, -0.15) is 0 Å². The fourth-order valence-electron chi connectivity index (χ4n) is 0.974. The van der Waals surface area contributed by atoms with E-state index in [1.54, 1.807) is 0 Å². The Kier molecular flexibility index (Phi) is 4.15. The molecule has 1 rings (SSSR count). The molecule has 0 N–H and O–H groups in total. The van der Waals surface area contributed by atoms with E-state index in [4.69, 9.17) is 4.74 Å². The van der Waals surface area contributed by atoms with Gasteiger partial charge in [-0.3, -0.25) is 0 Å². The molecule has 2 heteroatoms. The summed E-state index contributed by atoms with van der Waals surface area (Å²) in [7, 11) is 0. The summed E-state index contributed by atoms with van der Waals surface area (Å²) in [6.07, 6.45) is 2.30. The molecule has 10 heavy (non-hydrogen) atoms. The Morgan fingerprint density at radius 3 is 2.70 bits per heavy atom. The minimum absolute atomic E-state index is 0.178. The molecule has 0 amide bonds. The molecule has 0 aromatic rings. The van der Waals surface area contributed by atoms with Gasteiger partial charge in [-0.25, -0.2) is 0 Å². The molecule has 0 aromatic carbocycles. The van der Waals surface area contributed by atoms with Crippen molar-refractivity contribution in [1.82, 2.24) is 0 Å². The van der Waals surface area contributed by atoms with E-state index in [-0.39, 0.29) is 21.2 Å². The van der Waals surface area contributed by atoms with Gasteiger partial charge in [0.15, 0.2) is 0 Å². The molecule has 0 bridgehead atoms. The molecule has 1 saturated heterocycles. The summed E-state index contributed by atoms with van der Waals surface area (Å²) >= 11 is 0.178. The Bertz CT molecular complexity index is 139. The second-order valence-corrected chi connectivity index (χ2v) is 3.93. The van der Waals surface area contributed by atoms with Crippen molar-refractivity contribution in [3.05, 3.63) is 0 Å². The standard InChI is InChI=1S/C8H12IO/c1-9-5-2-8-3-6-10-7-4-8/h8H,3-4,6-7H2,1H3/q-1. The van der Waals surface area contributed by atoms with Crippen LogP contribution in [0.2, 0.25) is 0 Å². The fraction of sp³-hybridized carbons (Fsp3) is 0.750. The average Bonchev–Trinajstić information content (AvgIpc) is 2.03. The molecule has 1 heterocycles. The molecule has 0 atom stereocenters. The van der Waals surface area contributed by atoms with Crippen molar-refractivity contribution in [2.75, 3.05) is 18.1 Å². The van der Waals surface area contributed by atoms with Crippen molar-refractivity contribution in [2.45, 2.75) is 12.8 Å². The number of halogens is 1. The molecule has 1 nitrogen and oxygen atoms in total. The van der Waals surface area contributed by atoms with Crippen LogP contribution in [0.1, 0.15) is 12.8 Å². The molecular weight excluding hydrogens is 239 g/mol. The summed E-state index contributed by atoms with van der Waals surface area (Å²) in [5.41, 5.74) is 0. The van der Waals surface area contributed by atoms with Gasteiger partial charge in [-0.15, -0.1) is 0 Å². The summed E-state index contributed by atoms with van der Waals surface area (Å²) in [5, 5.41) is 0. The number of rotatable bonds is 0. The van der Waals surface area contributed by atoms with Crippen LogP contribution >= 0.6 is 0 Å². The molecule has 1 fully saturated rings. The molecule has 0 aromatic heterocycles. The van der Waals surface area contributed by atoms with Gasteiger partial charge in [0.2, 0.25) is 0 Å². The van der Waals surface area contributed by atoms with Crippen LogP contribution < -0.4 is 21.2 Å². The number of ether oxygens (including phenoxy) is 1. The predicted octanol–water partition coefficient (Wildman–Crippen LogP) is -1.91. The van der Waals surface area contributed by atoms with Gasteiger partial charge in [0.05, 0.1) is 0 Å². The maximum atomic E-state index is 5.22. The zero-order valence-electron chi connectivity index (χ0n) is 6.19. The molecule has 0 saturated carbocycles. The molecule has 1 aliphatic heterocycles. The molecule has 1 aliphatic rings. The van der Waals surface area contributed by atoms with Gasteiger partial charge < -0.3 is 0 Å². The Morgan fingerprint density at radius 1 is 1.40 bits per heavy atom. The maximum absolute atomic E-state index is 5.22. The third-order valence-electron chi connectivity index (χ3n) is 1.57. The van der Waals surface area contributed by atoms with E-state index >= 15 is 0 Å². The monoisotopic (exact) mass is 251 g/mol.